The van der Waals surface area contributed by atoms with Crippen LogP contribution in [0.15, 0.2) is 28.7 Å². The summed E-state index contributed by atoms with van der Waals surface area (Å²) in [6.45, 7) is 3.48. The highest BCUT2D eigenvalue weighted by molar-refractivity contribution is 9.10. The number of benzene rings is 1. The molecule has 1 aromatic carbocycles. The number of carbonyl (C=O) groups is 1. The van der Waals surface area contributed by atoms with Crippen LogP contribution in [0.4, 0.5) is 0 Å². The lowest BCUT2D eigenvalue weighted by Gasteiger charge is -2.17. The van der Waals surface area contributed by atoms with Crippen molar-refractivity contribution >= 4 is 21.8 Å². The summed E-state index contributed by atoms with van der Waals surface area (Å²) in [7, 11) is 0. The van der Waals surface area contributed by atoms with Gasteiger partial charge in [0, 0.05) is 12.6 Å². The molecule has 104 valence electrons. The summed E-state index contributed by atoms with van der Waals surface area (Å²) in [4.78, 5) is 11.9. The topological polar surface area (TPSA) is 50.4 Å². The fraction of sp³-hybridized carbons (Fsp3) is 0.500. The minimum Gasteiger partial charge on any atom is -0.480 e. The Morgan fingerprint density at radius 2 is 2.37 bits per heavy atom. The van der Waals surface area contributed by atoms with Crippen molar-refractivity contribution in [1.82, 2.24) is 10.6 Å². The van der Waals surface area contributed by atoms with Crippen molar-refractivity contribution in [3.63, 3.8) is 0 Å². The molecule has 0 radical (unpaired) electrons. The molecular formula is C14H19BrN2O2. The van der Waals surface area contributed by atoms with Crippen molar-refractivity contribution in [3.8, 4) is 5.75 Å². The highest BCUT2D eigenvalue weighted by Gasteiger charge is 2.19. The van der Waals surface area contributed by atoms with Crippen molar-refractivity contribution in [2.24, 2.45) is 0 Å². The molecule has 2 N–H and O–H groups in total. The molecule has 0 aliphatic carbocycles. The summed E-state index contributed by atoms with van der Waals surface area (Å²) in [6, 6.07) is 7.93. The maximum absolute atomic E-state index is 11.9. The first kappa shape index (κ1) is 14.3. The second kappa shape index (κ2) is 6.91. The quantitative estimate of drug-likeness (QED) is 0.871. The molecule has 2 atom stereocenters. The molecule has 2 unspecified atom stereocenters. The fourth-order valence-corrected chi connectivity index (χ4v) is 2.46. The van der Waals surface area contributed by atoms with Crippen LogP contribution in [0.1, 0.15) is 19.8 Å². The van der Waals surface area contributed by atoms with E-state index in [1.165, 1.54) is 6.42 Å². The Morgan fingerprint density at radius 3 is 3.05 bits per heavy atom. The van der Waals surface area contributed by atoms with Crippen LogP contribution in [0, 0.1) is 0 Å². The Hall–Kier alpha value is -1.07. The van der Waals surface area contributed by atoms with Crippen LogP contribution in [0.2, 0.25) is 0 Å². The molecular weight excluding hydrogens is 308 g/mol. The van der Waals surface area contributed by atoms with Gasteiger partial charge in [0.05, 0.1) is 4.47 Å². The number of hydrogen-bond acceptors (Lipinski definition) is 3. The molecule has 1 saturated heterocycles. The Bertz CT molecular complexity index is 433. The molecule has 0 spiro atoms. The minimum absolute atomic E-state index is 0.0792. The molecule has 5 heteroatoms. The smallest absolute Gasteiger partial charge is 0.260 e. The first-order chi connectivity index (χ1) is 9.16. The second-order valence-electron chi connectivity index (χ2n) is 4.73. The van der Waals surface area contributed by atoms with Gasteiger partial charge in [-0.05, 0) is 54.4 Å². The molecule has 2 rings (SSSR count). The predicted molar refractivity (Wildman–Crippen MR) is 78.3 cm³/mol. The van der Waals surface area contributed by atoms with E-state index in [-0.39, 0.29) is 5.91 Å². The normalized spacial score (nSPS) is 20.0. The van der Waals surface area contributed by atoms with E-state index in [0.29, 0.717) is 18.3 Å². The summed E-state index contributed by atoms with van der Waals surface area (Å²) in [6.07, 6.45) is 1.81. The number of hydrogen-bond donors (Lipinski definition) is 2. The van der Waals surface area contributed by atoms with Crippen molar-refractivity contribution in [2.75, 3.05) is 13.1 Å². The van der Waals surface area contributed by atoms with E-state index in [9.17, 15) is 4.79 Å². The van der Waals surface area contributed by atoms with E-state index < -0.39 is 6.10 Å². The van der Waals surface area contributed by atoms with E-state index >= 15 is 0 Å². The van der Waals surface area contributed by atoms with Gasteiger partial charge in [0.25, 0.3) is 5.91 Å². The van der Waals surface area contributed by atoms with E-state index in [0.717, 1.165) is 17.4 Å². The summed E-state index contributed by atoms with van der Waals surface area (Å²) in [5, 5.41) is 6.27. The monoisotopic (exact) mass is 326 g/mol. The van der Waals surface area contributed by atoms with E-state index in [1.54, 1.807) is 6.92 Å². The first-order valence-corrected chi connectivity index (χ1v) is 7.38. The van der Waals surface area contributed by atoms with Crippen LogP contribution in [0.3, 0.4) is 0 Å². The largest absolute Gasteiger partial charge is 0.480 e. The molecule has 1 amide bonds. The number of ether oxygens (including phenoxy) is 1. The van der Waals surface area contributed by atoms with E-state index in [2.05, 4.69) is 26.6 Å². The van der Waals surface area contributed by atoms with Gasteiger partial charge >= 0.3 is 0 Å². The van der Waals surface area contributed by atoms with Gasteiger partial charge in [0.2, 0.25) is 0 Å². The van der Waals surface area contributed by atoms with E-state index in [1.807, 2.05) is 24.3 Å². The standard InChI is InChI=1S/C14H19BrN2O2/c1-10(19-13-7-3-2-6-12(13)15)14(18)17-9-11-5-4-8-16-11/h2-3,6-7,10-11,16H,4-5,8-9H2,1H3,(H,17,18). The third kappa shape index (κ3) is 4.21. The highest BCUT2D eigenvalue weighted by Crippen LogP contribution is 2.24. The molecule has 0 bridgehead atoms. The third-order valence-corrected chi connectivity index (χ3v) is 3.85. The van der Waals surface area contributed by atoms with Crippen molar-refractivity contribution in [3.05, 3.63) is 28.7 Å². The number of para-hydroxylation sites is 1. The maximum Gasteiger partial charge on any atom is 0.260 e. The zero-order valence-corrected chi connectivity index (χ0v) is 12.6. The second-order valence-corrected chi connectivity index (χ2v) is 5.58. The fourth-order valence-electron chi connectivity index (χ4n) is 2.08. The van der Waals surface area contributed by atoms with Gasteiger partial charge in [-0.2, -0.15) is 0 Å². The van der Waals surface area contributed by atoms with Crippen LogP contribution in [0.25, 0.3) is 0 Å². The van der Waals surface area contributed by atoms with Gasteiger partial charge in [-0.3, -0.25) is 4.79 Å². The zero-order valence-electron chi connectivity index (χ0n) is 11.0. The molecule has 0 saturated carbocycles. The van der Waals surface area contributed by atoms with Crippen molar-refractivity contribution in [2.45, 2.75) is 31.9 Å². The molecule has 1 fully saturated rings. The molecule has 1 aliphatic rings. The molecule has 1 aromatic rings. The number of halogens is 1. The van der Waals surface area contributed by atoms with Crippen LogP contribution >= 0.6 is 15.9 Å². The van der Waals surface area contributed by atoms with Crippen LogP contribution in [-0.2, 0) is 4.79 Å². The van der Waals surface area contributed by atoms with Crippen molar-refractivity contribution in [1.29, 1.82) is 0 Å². The average Bonchev–Trinajstić information content (AvgIpc) is 2.91. The van der Waals surface area contributed by atoms with Gasteiger partial charge in [-0.1, -0.05) is 12.1 Å². The maximum atomic E-state index is 11.9. The van der Waals surface area contributed by atoms with Gasteiger partial charge in [-0.25, -0.2) is 0 Å². The Morgan fingerprint density at radius 1 is 1.58 bits per heavy atom. The molecule has 0 aromatic heterocycles. The SMILES string of the molecule is CC(Oc1ccccc1Br)C(=O)NCC1CCCN1. The Labute approximate surface area is 122 Å². The minimum atomic E-state index is -0.500. The number of nitrogens with one attached hydrogen (secondary N) is 2. The highest BCUT2D eigenvalue weighted by atomic mass is 79.9. The molecule has 1 heterocycles. The van der Waals surface area contributed by atoms with Gasteiger partial charge in [-0.15, -0.1) is 0 Å². The number of amides is 1. The van der Waals surface area contributed by atoms with E-state index in [4.69, 9.17) is 4.74 Å². The predicted octanol–water partition coefficient (Wildman–Crippen LogP) is 2.08. The lowest BCUT2D eigenvalue weighted by atomic mass is 10.2. The first-order valence-electron chi connectivity index (χ1n) is 6.59. The Kier molecular flexibility index (Phi) is 5.22. The summed E-state index contributed by atoms with van der Waals surface area (Å²) in [5.74, 6) is 0.605. The van der Waals surface area contributed by atoms with Gasteiger partial charge in [0.1, 0.15) is 5.75 Å². The lowest BCUT2D eigenvalue weighted by molar-refractivity contribution is -0.127. The zero-order chi connectivity index (χ0) is 13.7. The molecule has 4 nitrogen and oxygen atoms in total. The average molecular weight is 327 g/mol. The summed E-state index contributed by atoms with van der Waals surface area (Å²) in [5.41, 5.74) is 0. The van der Waals surface area contributed by atoms with Crippen LogP contribution < -0.4 is 15.4 Å². The summed E-state index contributed by atoms with van der Waals surface area (Å²) < 4.78 is 6.50. The van der Waals surface area contributed by atoms with Gasteiger partial charge < -0.3 is 15.4 Å². The number of rotatable bonds is 5. The van der Waals surface area contributed by atoms with Gasteiger partial charge in [0.15, 0.2) is 6.10 Å². The Balaban J connectivity index is 1.80. The molecule has 19 heavy (non-hydrogen) atoms. The summed E-state index contributed by atoms with van der Waals surface area (Å²) >= 11 is 3.40. The van der Waals surface area contributed by atoms with Crippen LogP contribution in [-0.4, -0.2) is 31.1 Å². The number of carbonyl (C=O) groups excluding carboxylic acids is 1. The van der Waals surface area contributed by atoms with Crippen molar-refractivity contribution < 1.29 is 9.53 Å². The molecule has 1 aliphatic heterocycles. The third-order valence-electron chi connectivity index (χ3n) is 3.19. The lowest BCUT2D eigenvalue weighted by Crippen LogP contribution is -2.42. The van der Waals surface area contributed by atoms with Crippen LogP contribution in [0.5, 0.6) is 5.75 Å².